The van der Waals surface area contributed by atoms with Crippen LogP contribution < -0.4 is 0 Å². The Labute approximate surface area is 121 Å². The second-order valence-corrected chi connectivity index (χ2v) is 5.34. The molecule has 0 aromatic heterocycles. The van der Waals surface area contributed by atoms with E-state index < -0.39 is 0 Å². The minimum absolute atomic E-state index is 0.169. The molecular formula is C14H26N2O4. The quantitative estimate of drug-likeness (QED) is 0.663. The van der Waals surface area contributed by atoms with Crippen molar-refractivity contribution in [1.29, 1.82) is 0 Å². The van der Waals surface area contributed by atoms with Gasteiger partial charge in [0, 0.05) is 38.3 Å². The normalized spacial score (nSPS) is 24.4. The van der Waals surface area contributed by atoms with E-state index in [0.717, 1.165) is 26.2 Å². The lowest BCUT2D eigenvalue weighted by Gasteiger charge is -2.44. The summed E-state index contributed by atoms with van der Waals surface area (Å²) in [6, 6.07) is 0.738. The van der Waals surface area contributed by atoms with Crippen molar-refractivity contribution >= 4 is 11.9 Å². The number of ether oxygens (including phenoxy) is 2. The predicted octanol–water partition coefficient (Wildman–Crippen LogP) is 0.507. The number of esters is 2. The molecular weight excluding hydrogens is 260 g/mol. The van der Waals surface area contributed by atoms with Crippen molar-refractivity contribution < 1.29 is 19.1 Å². The molecule has 1 saturated heterocycles. The van der Waals surface area contributed by atoms with Crippen LogP contribution in [0.1, 0.15) is 26.7 Å². The van der Waals surface area contributed by atoms with Crippen molar-refractivity contribution in [2.24, 2.45) is 0 Å². The molecule has 20 heavy (non-hydrogen) atoms. The van der Waals surface area contributed by atoms with Crippen LogP contribution in [0.25, 0.3) is 0 Å². The molecule has 1 aliphatic heterocycles. The molecule has 0 unspecified atom stereocenters. The van der Waals surface area contributed by atoms with E-state index >= 15 is 0 Å². The molecule has 6 heteroatoms. The van der Waals surface area contributed by atoms with Gasteiger partial charge in [-0.25, -0.2) is 0 Å². The van der Waals surface area contributed by atoms with Crippen molar-refractivity contribution in [1.82, 2.24) is 9.80 Å². The Bertz CT molecular complexity index is 303. The van der Waals surface area contributed by atoms with Crippen LogP contribution in [0.3, 0.4) is 0 Å². The zero-order valence-corrected chi connectivity index (χ0v) is 12.9. The maximum Gasteiger partial charge on any atom is 0.306 e. The second kappa shape index (κ2) is 8.21. The third-order valence-corrected chi connectivity index (χ3v) is 3.91. The summed E-state index contributed by atoms with van der Waals surface area (Å²) in [5.41, 5.74) is 0. The van der Waals surface area contributed by atoms with E-state index in [2.05, 4.69) is 33.1 Å². The summed E-state index contributed by atoms with van der Waals surface area (Å²) in [4.78, 5) is 27.0. The summed E-state index contributed by atoms with van der Waals surface area (Å²) in [5.74, 6) is -0.337. The molecule has 1 fully saturated rings. The first-order valence-corrected chi connectivity index (χ1v) is 7.09. The summed E-state index contributed by atoms with van der Waals surface area (Å²) < 4.78 is 9.35. The lowest BCUT2D eigenvalue weighted by atomic mass is 10.1. The van der Waals surface area contributed by atoms with Crippen LogP contribution in [0.5, 0.6) is 0 Å². The van der Waals surface area contributed by atoms with E-state index in [1.54, 1.807) is 0 Å². The summed E-state index contributed by atoms with van der Waals surface area (Å²) in [6.07, 6.45) is 0.853. The molecule has 0 aromatic rings. The molecule has 6 nitrogen and oxygen atoms in total. The minimum Gasteiger partial charge on any atom is -0.469 e. The smallest absolute Gasteiger partial charge is 0.306 e. The lowest BCUT2D eigenvalue weighted by molar-refractivity contribution is -0.142. The van der Waals surface area contributed by atoms with E-state index in [-0.39, 0.29) is 11.9 Å². The molecule has 0 radical (unpaired) electrons. The Morgan fingerprint density at radius 3 is 1.55 bits per heavy atom. The Kier molecular flexibility index (Phi) is 6.95. The summed E-state index contributed by atoms with van der Waals surface area (Å²) >= 11 is 0. The zero-order valence-electron chi connectivity index (χ0n) is 12.9. The van der Waals surface area contributed by atoms with E-state index in [1.165, 1.54) is 14.2 Å². The number of carbonyl (C=O) groups is 2. The minimum atomic E-state index is -0.169. The molecule has 0 spiro atoms. The average Bonchev–Trinajstić information content (AvgIpc) is 2.45. The highest BCUT2D eigenvalue weighted by Crippen LogP contribution is 2.16. The predicted molar refractivity (Wildman–Crippen MR) is 75.3 cm³/mol. The van der Waals surface area contributed by atoms with Gasteiger partial charge in [0.2, 0.25) is 0 Å². The first kappa shape index (κ1) is 16.9. The van der Waals surface area contributed by atoms with E-state index in [0.29, 0.717) is 24.9 Å². The van der Waals surface area contributed by atoms with Gasteiger partial charge >= 0.3 is 11.9 Å². The molecule has 0 aromatic carbocycles. The molecule has 0 amide bonds. The fraction of sp³-hybridized carbons (Fsp3) is 0.857. The van der Waals surface area contributed by atoms with Gasteiger partial charge in [-0.15, -0.1) is 0 Å². The highest BCUT2D eigenvalue weighted by molar-refractivity contribution is 5.69. The van der Waals surface area contributed by atoms with Crippen molar-refractivity contribution in [2.45, 2.75) is 38.8 Å². The molecule has 1 rings (SSSR count). The van der Waals surface area contributed by atoms with Crippen LogP contribution in [0.15, 0.2) is 0 Å². The van der Waals surface area contributed by atoms with Gasteiger partial charge in [0.1, 0.15) is 0 Å². The fourth-order valence-corrected chi connectivity index (χ4v) is 2.57. The third-order valence-electron chi connectivity index (χ3n) is 3.91. The van der Waals surface area contributed by atoms with Crippen LogP contribution >= 0.6 is 0 Å². The monoisotopic (exact) mass is 286 g/mol. The molecule has 1 aliphatic rings. The number of methoxy groups -OCH3 is 2. The van der Waals surface area contributed by atoms with Gasteiger partial charge in [-0.1, -0.05) is 0 Å². The molecule has 1 heterocycles. The van der Waals surface area contributed by atoms with Crippen LogP contribution in [0, 0.1) is 0 Å². The average molecular weight is 286 g/mol. The highest BCUT2D eigenvalue weighted by atomic mass is 16.5. The van der Waals surface area contributed by atoms with Crippen LogP contribution in [0.2, 0.25) is 0 Å². The SMILES string of the molecule is COC(=O)CCN1C[C@H](C)N(CCC(=O)OC)C[C@H]1C. The summed E-state index contributed by atoms with van der Waals surface area (Å²) in [6.45, 7) is 7.55. The van der Waals surface area contributed by atoms with Gasteiger partial charge in [-0.3, -0.25) is 19.4 Å². The lowest BCUT2D eigenvalue weighted by Crippen LogP contribution is -2.56. The van der Waals surface area contributed by atoms with E-state index in [9.17, 15) is 9.59 Å². The van der Waals surface area contributed by atoms with Crippen molar-refractivity contribution in [3.8, 4) is 0 Å². The van der Waals surface area contributed by atoms with Crippen molar-refractivity contribution in [3.05, 3.63) is 0 Å². The van der Waals surface area contributed by atoms with Gasteiger partial charge in [0.25, 0.3) is 0 Å². The number of rotatable bonds is 6. The molecule has 116 valence electrons. The molecule has 0 N–H and O–H groups in total. The van der Waals surface area contributed by atoms with Crippen LogP contribution in [0.4, 0.5) is 0 Å². The number of hydrogen-bond acceptors (Lipinski definition) is 6. The summed E-state index contributed by atoms with van der Waals surface area (Å²) in [5, 5.41) is 0. The molecule has 2 atom stereocenters. The maximum absolute atomic E-state index is 11.2. The second-order valence-electron chi connectivity index (χ2n) is 5.34. The van der Waals surface area contributed by atoms with Crippen LogP contribution in [-0.4, -0.2) is 74.2 Å². The number of carbonyl (C=O) groups excluding carboxylic acids is 2. The third kappa shape index (κ3) is 5.09. The Balaban J connectivity index is 2.40. The number of hydrogen-bond donors (Lipinski definition) is 0. The van der Waals surface area contributed by atoms with E-state index in [1.807, 2.05) is 0 Å². The summed E-state index contributed by atoms with van der Waals surface area (Å²) in [7, 11) is 2.83. The van der Waals surface area contributed by atoms with Gasteiger partial charge in [0.05, 0.1) is 27.1 Å². The molecule has 0 bridgehead atoms. The Morgan fingerprint density at radius 1 is 0.900 bits per heavy atom. The van der Waals surface area contributed by atoms with Crippen LogP contribution in [-0.2, 0) is 19.1 Å². The van der Waals surface area contributed by atoms with Gasteiger partial charge < -0.3 is 9.47 Å². The van der Waals surface area contributed by atoms with Crippen molar-refractivity contribution in [2.75, 3.05) is 40.4 Å². The Morgan fingerprint density at radius 2 is 1.25 bits per heavy atom. The number of nitrogens with zero attached hydrogens (tertiary/aromatic N) is 2. The molecule has 0 saturated carbocycles. The maximum atomic E-state index is 11.2. The van der Waals surface area contributed by atoms with E-state index in [4.69, 9.17) is 0 Å². The highest BCUT2D eigenvalue weighted by Gasteiger charge is 2.29. The zero-order chi connectivity index (χ0) is 15.1. The van der Waals surface area contributed by atoms with Gasteiger partial charge in [-0.05, 0) is 13.8 Å². The van der Waals surface area contributed by atoms with Crippen molar-refractivity contribution in [3.63, 3.8) is 0 Å². The topological polar surface area (TPSA) is 59.1 Å². The first-order valence-electron chi connectivity index (χ1n) is 7.09. The molecule has 0 aliphatic carbocycles. The largest absolute Gasteiger partial charge is 0.469 e. The Hall–Kier alpha value is -1.14. The standard InChI is InChI=1S/C14H26N2O4/c1-11-9-16(8-6-14(18)20-4)12(2)10-15(11)7-5-13(17)19-3/h11-12H,5-10H2,1-4H3/t11-,12+. The fourth-order valence-electron chi connectivity index (χ4n) is 2.57. The first-order chi connectivity index (χ1) is 9.47. The van der Waals surface area contributed by atoms with Gasteiger partial charge in [0.15, 0.2) is 0 Å². The van der Waals surface area contributed by atoms with Gasteiger partial charge in [-0.2, -0.15) is 0 Å². The number of piperazine rings is 1.